The number of likely N-dealkylation sites (N-methyl/N-ethyl adjacent to an activating group) is 1. The molecule has 0 saturated carbocycles. The molecule has 0 atom stereocenters. The van der Waals surface area contributed by atoms with Crippen LogP contribution in [0, 0.1) is 0 Å². The van der Waals surface area contributed by atoms with E-state index < -0.39 is 0 Å². The van der Waals surface area contributed by atoms with Gasteiger partial charge in [-0.15, -0.1) is 0 Å². The summed E-state index contributed by atoms with van der Waals surface area (Å²) in [5.74, 6) is 0. The first-order valence-electron chi connectivity index (χ1n) is 6.95. The van der Waals surface area contributed by atoms with Crippen molar-refractivity contribution in [3.8, 4) is 5.69 Å². The topological polar surface area (TPSA) is 49.2 Å². The second kappa shape index (κ2) is 6.13. The van der Waals surface area contributed by atoms with Crippen molar-refractivity contribution in [2.45, 2.75) is 6.54 Å². The molecule has 0 radical (unpaired) electrons. The van der Waals surface area contributed by atoms with E-state index in [1.165, 1.54) is 0 Å². The third-order valence-electron chi connectivity index (χ3n) is 3.51. The summed E-state index contributed by atoms with van der Waals surface area (Å²) >= 11 is 0. The van der Waals surface area contributed by atoms with Gasteiger partial charge < -0.3 is 4.90 Å². The Morgan fingerprint density at radius 1 is 1.10 bits per heavy atom. The zero-order valence-electron chi connectivity index (χ0n) is 11.7. The molecule has 6 nitrogen and oxygen atoms in total. The van der Waals surface area contributed by atoms with Crippen LogP contribution >= 0.6 is 0 Å². The highest BCUT2D eigenvalue weighted by molar-refractivity contribution is 5.28. The third-order valence-corrected chi connectivity index (χ3v) is 3.51. The van der Waals surface area contributed by atoms with Gasteiger partial charge in [-0.1, -0.05) is 18.2 Å². The Bertz CT molecular complexity index is 530. The monoisotopic (exact) mass is 272 g/mol. The largest absolute Gasteiger partial charge is 0.304 e. The summed E-state index contributed by atoms with van der Waals surface area (Å²) in [6.07, 6.45) is 1.82. The SMILES string of the molecule is CN1CCN(NCc2cnn(-c3ccccc3)n2)CC1. The smallest absolute Gasteiger partial charge is 0.0983 e. The van der Waals surface area contributed by atoms with Gasteiger partial charge in [-0.05, 0) is 19.2 Å². The predicted octanol–water partition coefficient (Wildman–Crippen LogP) is 0.519. The molecule has 2 aromatic rings. The van der Waals surface area contributed by atoms with Crippen molar-refractivity contribution in [3.63, 3.8) is 0 Å². The van der Waals surface area contributed by atoms with Crippen LogP contribution in [0.5, 0.6) is 0 Å². The fourth-order valence-electron chi connectivity index (χ4n) is 2.22. The number of hydrogen-bond donors (Lipinski definition) is 1. The standard InChI is InChI=1S/C14H20N6/c1-18-7-9-19(10-8-18)15-11-13-12-16-20(17-13)14-5-3-2-4-6-14/h2-6,12,15H,7-11H2,1H3. The Kier molecular flexibility index (Phi) is 4.05. The van der Waals surface area contributed by atoms with Crippen molar-refractivity contribution >= 4 is 0 Å². The highest BCUT2D eigenvalue weighted by Crippen LogP contribution is 2.04. The lowest BCUT2D eigenvalue weighted by Crippen LogP contribution is -2.50. The fraction of sp³-hybridized carbons (Fsp3) is 0.429. The Morgan fingerprint density at radius 2 is 1.85 bits per heavy atom. The number of para-hydroxylation sites is 1. The van der Waals surface area contributed by atoms with Gasteiger partial charge in [0.25, 0.3) is 0 Å². The van der Waals surface area contributed by atoms with Gasteiger partial charge in [-0.3, -0.25) is 0 Å². The molecule has 1 aliphatic rings. The van der Waals surface area contributed by atoms with E-state index in [-0.39, 0.29) is 0 Å². The summed E-state index contributed by atoms with van der Waals surface area (Å²) in [7, 11) is 2.16. The average Bonchev–Trinajstić information content (AvgIpc) is 2.97. The van der Waals surface area contributed by atoms with Crippen molar-refractivity contribution in [1.82, 2.24) is 30.3 Å². The van der Waals surface area contributed by atoms with Gasteiger partial charge in [0.05, 0.1) is 24.1 Å². The van der Waals surface area contributed by atoms with Crippen LogP contribution in [0.3, 0.4) is 0 Å². The molecule has 0 aliphatic carbocycles. The van der Waals surface area contributed by atoms with E-state index in [4.69, 9.17) is 0 Å². The molecule has 0 bridgehead atoms. The van der Waals surface area contributed by atoms with Crippen molar-refractivity contribution in [2.75, 3.05) is 33.2 Å². The van der Waals surface area contributed by atoms with Crippen molar-refractivity contribution in [3.05, 3.63) is 42.2 Å². The molecule has 1 aromatic heterocycles. The minimum Gasteiger partial charge on any atom is -0.304 e. The minimum atomic E-state index is 0.719. The van der Waals surface area contributed by atoms with Gasteiger partial charge in [-0.25, -0.2) is 10.4 Å². The molecular formula is C14H20N6. The number of aromatic nitrogens is 3. The molecule has 6 heteroatoms. The Morgan fingerprint density at radius 3 is 2.60 bits per heavy atom. The zero-order chi connectivity index (χ0) is 13.8. The van der Waals surface area contributed by atoms with Crippen LogP contribution in [0.4, 0.5) is 0 Å². The predicted molar refractivity (Wildman–Crippen MR) is 77.3 cm³/mol. The van der Waals surface area contributed by atoms with Crippen LogP contribution in [0.15, 0.2) is 36.5 Å². The molecule has 0 spiro atoms. The molecule has 1 aliphatic heterocycles. The molecule has 1 saturated heterocycles. The highest BCUT2D eigenvalue weighted by atomic mass is 15.5. The molecule has 0 unspecified atom stereocenters. The number of benzene rings is 1. The number of hydrogen-bond acceptors (Lipinski definition) is 5. The highest BCUT2D eigenvalue weighted by Gasteiger charge is 2.13. The summed E-state index contributed by atoms with van der Waals surface area (Å²) in [5.41, 5.74) is 5.35. The fourth-order valence-corrected chi connectivity index (χ4v) is 2.22. The van der Waals surface area contributed by atoms with Crippen LogP contribution in [0.25, 0.3) is 5.69 Å². The maximum absolute atomic E-state index is 4.49. The number of nitrogens with one attached hydrogen (secondary N) is 1. The Labute approximate surface area is 119 Å². The zero-order valence-corrected chi connectivity index (χ0v) is 11.7. The molecule has 1 N–H and O–H groups in total. The van der Waals surface area contributed by atoms with Gasteiger partial charge in [0.15, 0.2) is 0 Å². The summed E-state index contributed by atoms with van der Waals surface area (Å²) in [5, 5.41) is 11.0. The number of nitrogens with zero attached hydrogens (tertiary/aromatic N) is 5. The normalized spacial score (nSPS) is 17.4. The van der Waals surface area contributed by atoms with Crippen LogP contribution in [-0.4, -0.2) is 58.1 Å². The van der Waals surface area contributed by atoms with Crippen LogP contribution in [-0.2, 0) is 6.54 Å². The Balaban J connectivity index is 1.55. The van der Waals surface area contributed by atoms with Crippen LogP contribution in [0.1, 0.15) is 5.69 Å². The quantitative estimate of drug-likeness (QED) is 0.879. The molecule has 3 rings (SSSR count). The first kappa shape index (κ1) is 13.2. The van der Waals surface area contributed by atoms with E-state index in [1.807, 2.05) is 36.5 Å². The molecule has 0 amide bonds. The van der Waals surface area contributed by atoms with Crippen LogP contribution < -0.4 is 5.43 Å². The lowest BCUT2D eigenvalue weighted by molar-refractivity contribution is 0.101. The van der Waals surface area contributed by atoms with E-state index in [0.717, 1.165) is 44.1 Å². The molecule has 1 fully saturated rings. The molecular weight excluding hydrogens is 252 g/mol. The summed E-state index contributed by atoms with van der Waals surface area (Å²) in [4.78, 5) is 4.00. The van der Waals surface area contributed by atoms with Crippen molar-refractivity contribution in [2.24, 2.45) is 0 Å². The minimum absolute atomic E-state index is 0.719. The van der Waals surface area contributed by atoms with Gasteiger partial charge >= 0.3 is 0 Å². The van der Waals surface area contributed by atoms with E-state index in [1.54, 1.807) is 4.80 Å². The van der Waals surface area contributed by atoms with E-state index in [0.29, 0.717) is 0 Å². The second-order valence-corrected chi connectivity index (χ2v) is 5.09. The summed E-state index contributed by atoms with van der Waals surface area (Å²) in [6, 6.07) is 9.96. The summed E-state index contributed by atoms with van der Waals surface area (Å²) < 4.78 is 0. The van der Waals surface area contributed by atoms with Gasteiger partial charge in [0.1, 0.15) is 0 Å². The van der Waals surface area contributed by atoms with E-state index in [9.17, 15) is 0 Å². The van der Waals surface area contributed by atoms with Gasteiger partial charge in [0.2, 0.25) is 0 Å². The van der Waals surface area contributed by atoms with Gasteiger partial charge in [0, 0.05) is 26.2 Å². The third kappa shape index (κ3) is 3.22. The maximum Gasteiger partial charge on any atom is 0.0983 e. The average molecular weight is 272 g/mol. The molecule has 106 valence electrons. The summed E-state index contributed by atoms with van der Waals surface area (Å²) in [6.45, 7) is 5.01. The second-order valence-electron chi connectivity index (χ2n) is 5.09. The van der Waals surface area contributed by atoms with Crippen molar-refractivity contribution < 1.29 is 0 Å². The lowest BCUT2D eigenvalue weighted by atomic mass is 10.3. The number of hydrazine groups is 1. The molecule has 20 heavy (non-hydrogen) atoms. The van der Waals surface area contributed by atoms with Crippen LogP contribution in [0.2, 0.25) is 0 Å². The number of piperazine rings is 1. The molecule has 1 aromatic carbocycles. The Hall–Kier alpha value is -1.76. The van der Waals surface area contributed by atoms with E-state index >= 15 is 0 Å². The first-order valence-corrected chi connectivity index (χ1v) is 6.95. The van der Waals surface area contributed by atoms with E-state index in [2.05, 4.69) is 32.6 Å². The maximum atomic E-state index is 4.49. The number of rotatable bonds is 4. The first-order chi connectivity index (χ1) is 9.81. The van der Waals surface area contributed by atoms with Crippen molar-refractivity contribution in [1.29, 1.82) is 0 Å². The van der Waals surface area contributed by atoms with Gasteiger partial charge in [-0.2, -0.15) is 15.0 Å². The lowest BCUT2D eigenvalue weighted by Gasteiger charge is -2.32. The molecule has 2 heterocycles.